The molecule has 2 unspecified atom stereocenters. The van der Waals surface area contributed by atoms with Gasteiger partial charge in [-0.3, -0.25) is 0 Å². The first kappa shape index (κ1) is 12.0. The van der Waals surface area contributed by atoms with Gasteiger partial charge in [-0.1, -0.05) is 19.8 Å². The van der Waals surface area contributed by atoms with Crippen molar-refractivity contribution in [1.29, 1.82) is 0 Å². The van der Waals surface area contributed by atoms with Gasteiger partial charge in [0.15, 0.2) is 0 Å². The van der Waals surface area contributed by atoms with Crippen LogP contribution in [0.5, 0.6) is 0 Å². The summed E-state index contributed by atoms with van der Waals surface area (Å²) in [6.07, 6.45) is 4.63. The zero-order valence-electron chi connectivity index (χ0n) is 9.50. The lowest BCUT2D eigenvalue weighted by atomic mass is 10.1. The van der Waals surface area contributed by atoms with Gasteiger partial charge in [0.25, 0.3) is 0 Å². The summed E-state index contributed by atoms with van der Waals surface area (Å²) in [5, 5.41) is 13.0. The third-order valence-corrected chi connectivity index (χ3v) is 2.96. The molecule has 14 heavy (non-hydrogen) atoms. The Hall–Kier alpha value is -0.120. The van der Waals surface area contributed by atoms with Gasteiger partial charge in [-0.25, -0.2) is 0 Å². The lowest BCUT2D eigenvalue weighted by molar-refractivity contribution is 0.137. The third kappa shape index (κ3) is 3.95. The molecule has 0 spiro atoms. The Morgan fingerprint density at radius 2 is 2.21 bits per heavy atom. The number of aliphatic hydroxyl groups is 1. The summed E-state index contributed by atoms with van der Waals surface area (Å²) in [4.78, 5) is 2.32. The first-order valence-electron chi connectivity index (χ1n) is 5.84. The number of nitrogens with zero attached hydrogens (tertiary/aromatic N) is 1. The van der Waals surface area contributed by atoms with Crippen molar-refractivity contribution in [1.82, 2.24) is 10.2 Å². The van der Waals surface area contributed by atoms with E-state index in [2.05, 4.69) is 24.2 Å². The zero-order valence-corrected chi connectivity index (χ0v) is 9.50. The van der Waals surface area contributed by atoms with Crippen LogP contribution in [0, 0.1) is 0 Å². The summed E-state index contributed by atoms with van der Waals surface area (Å²) in [5.74, 6) is 0. The monoisotopic (exact) mass is 200 g/mol. The van der Waals surface area contributed by atoms with Crippen molar-refractivity contribution in [3.63, 3.8) is 0 Å². The summed E-state index contributed by atoms with van der Waals surface area (Å²) in [6, 6.07) is 0.293. The van der Waals surface area contributed by atoms with Gasteiger partial charge in [0.05, 0.1) is 6.10 Å². The molecule has 0 saturated carbocycles. The molecule has 1 rings (SSSR count). The van der Waals surface area contributed by atoms with Crippen LogP contribution in [0.15, 0.2) is 0 Å². The first-order valence-corrected chi connectivity index (χ1v) is 5.84. The molecule has 3 nitrogen and oxygen atoms in total. The normalized spacial score (nSPS) is 27.4. The molecule has 0 amide bonds. The fraction of sp³-hybridized carbons (Fsp3) is 1.00. The van der Waals surface area contributed by atoms with E-state index in [1.807, 2.05) is 0 Å². The van der Waals surface area contributed by atoms with Crippen molar-refractivity contribution in [3.05, 3.63) is 0 Å². The smallest absolute Gasteiger partial charge is 0.0717 e. The van der Waals surface area contributed by atoms with Crippen LogP contribution in [-0.2, 0) is 0 Å². The SMILES string of the molecule is CCCCCN(C)CC1NCCC1O. The Bertz CT molecular complexity index is 152. The second-order valence-corrected chi connectivity index (χ2v) is 4.39. The first-order chi connectivity index (χ1) is 6.74. The minimum atomic E-state index is -0.136. The quantitative estimate of drug-likeness (QED) is 0.623. The van der Waals surface area contributed by atoms with Crippen LogP contribution in [0.3, 0.4) is 0 Å². The Balaban J connectivity index is 2.09. The summed E-state index contributed by atoms with van der Waals surface area (Å²) in [6.45, 7) is 5.32. The van der Waals surface area contributed by atoms with E-state index in [-0.39, 0.29) is 6.10 Å². The molecule has 1 aliphatic rings. The minimum absolute atomic E-state index is 0.136. The summed E-state index contributed by atoms with van der Waals surface area (Å²) >= 11 is 0. The van der Waals surface area contributed by atoms with Crippen LogP contribution in [-0.4, -0.2) is 48.8 Å². The standard InChI is InChI=1S/C11H24N2O/c1-3-4-5-8-13(2)9-10-11(14)6-7-12-10/h10-12,14H,3-9H2,1-2H3. The van der Waals surface area contributed by atoms with Crippen LogP contribution >= 0.6 is 0 Å². The van der Waals surface area contributed by atoms with Crippen molar-refractivity contribution < 1.29 is 5.11 Å². The van der Waals surface area contributed by atoms with Crippen LogP contribution < -0.4 is 5.32 Å². The lowest BCUT2D eigenvalue weighted by Crippen LogP contribution is -2.41. The van der Waals surface area contributed by atoms with E-state index < -0.39 is 0 Å². The Kier molecular flexibility index (Phi) is 5.45. The van der Waals surface area contributed by atoms with Crippen molar-refractivity contribution in [2.75, 3.05) is 26.7 Å². The lowest BCUT2D eigenvalue weighted by Gasteiger charge is -2.23. The highest BCUT2D eigenvalue weighted by atomic mass is 16.3. The second-order valence-electron chi connectivity index (χ2n) is 4.39. The molecule has 2 N–H and O–H groups in total. The third-order valence-electron chi connectivity index (χ3n) is 2.96. The van der Waals surface area contributed by atoms with E-state index in [0.717, 1.165) is 26.1 Å². The molecule has 0 bridgehead atoms. The van der Waals surface area contributed by atoms with E-state index in [4.69, 9.17) is 0 Å². The van der Waals surface area contributed by atoms with Crippen LogP contribution in [0.4, 0.5) is 0 Å². The van der Waals surface area contributed by atoms with Gasteiger partial charge in [0.2, 0.25) is 0 Å². The topological polar surface area (TPSA) is 35.5 Å². The van der Waals surface area contributed by atoms with Gasteiger partial charge in [-0.15, -0.1) is 0 Å². The van der Waals surface area contributed by atoms with Gasteiger partial charge >= 0.3 is 0 Å². The molecule has 1 fully saturated rings. The summed E-state index contributed by atoms with van der Waals surface area (Å²) in [5.41, 5.74) is 0. The van der Waals surface area contributed by atoms with E-state index in [1.54, 1.807) is 0 Å². The average Bonchev–Trinajstić information content (AvgIpc) is 2.52. The molecule has 1 aliphatic heterocycles. The fourth-order valence-electron chi connectivity index (χ4n) is 2.00. The van der Waals surface area contributed by atoms with Crippen LogP contribution in [0.2, 0.25) is 0 Å². The molecule has 0 aromatic carbocycles. The van der Waals surface area contributed by atoms with Crippen molar-refractivity contribution in [2.24, 2.45) is 0 Å². The highest BCUT2D eigenvalue weighted by Gasteiger charge is 2.25. The van der Waals surface area contributed by atoms with Crippen LogP contribution in [0.25, 0.3) is 0 Å². The fourth-order valence-corrected chi connectivity index (χ4v) is 2.00. The maximum atomic E-state index is 9.62. The Morgan fingerprint density at radius 1 is 1.43 bits per heavy atom. The van der Waals surface area contributed by atoms with E-state index in [9.17, 15) is 5.11 Å². The molecule has 84 valence electrons. The van der Waals surface area contributed by atoms with Gasteiger partial charge < -0.3 is 15.3 Å². The van der Waals surface area contributed by atoms with Crippen molar-refractivity contribution in [2.45, 2.75) is 44.8 Å². The van der Waals surface area contributed by atoms with Crippen LogP contribution in [0.1, 0.15) is 32.6 Å². The van der Waals surface area contributed by atoms with E-state index >= 15 is 0 Å². The predicted molar refractivity (Wildman–Crippen MR) is 59.4 cm³/mol. The maximum Gasteiger partial charge on any atom is 0.0717 e. The molecular formula is C11H24N2O. The molecule has 0 aromatic heterocycles. The van der Waals surface area contributed by atoms with Gasteiger partial charge in [-0.05, 0) is 33.0 Å². The highest BCUT2D eigenvalue weighted by Crippen LogP contribution is 2.08. The maximum absolute atomic E-state index is 9.62. The van der Waals surface area contributed by atoms with Gasteiger partial charge in [0, 0.05) is 12.6 Å². The zero-order chi connectivity index (χ0) is 10.4. The van der Waals surface area contributed by atoms with E-state index in [1.165, 1.54) is 19.3 Å². The number of rotatable bonds is 6. The predicted octanol–water partition coefficient (Wildman–Crippen LogP) is 0.831. The number of hydrogen-bond acceptors (Lipinski definition) is 3. The number of hydrogen-bond donors (Lipinski definition) is 2. The Morgan fingerprint density at radius 3 is 2.79 bits per heavy atom. The molecule has 1 heterocycles. The molecule has 2 atom stereocenters. The largest absolute Gasteiger partial charge is 0.391 e. The molecule has 3 heteroatoms. The summed E-state index contributed by atoms with van der Waals surface area (Å²) < 4.78 is 0. The molecule has 0 aliphatic carbocycles. The highest BCUT2D eigenvalue weighted by molar-refractivity contribution is 4.85. The average molecular weight is 200 g/mol. The van der Waals surface area contributed by atoms with Gasteiger partial charge in [-0.2, -0.15) is 0 Å². The second kappa shape index (κ2) is 6.38. The molecule has 0 aromatic rings. The molecule has 0 radical (unpaired) electrons. The van der Waals surface area contributed by atoms with Crippen molar-refractivity contribution >= 4 is 0 Å². The minimum Gasteiger partial charge on any atom is -0.391 e. The number of aliphatic hydroxyl groups excluding tert-OH is 1. The van der Waals surface area contributed by atoms with E-state index in [0.29, 0.717) is 6.04 Å². The van der Waals surface area contributed by atoms with Gasteiger partial charge in [0.1, 0.15) is 0 Å². The molecular weight excluding hydrogens is 176 g/mol. The van der Waals surface area contributed by atoms with Crippen molar-refractivity contribution in [3.8, 4) is 0 Å². The summed E-state index contributed by atoms with van der Waals surface area (Å²) in [7, 11) is 2.14. The number of likely N-dealkylation sites (N-methyl/N-ethyl adjacent to an activating group) is 1. The number of nitrogens with one attached hydrogen (secondary N) is 1. The number of unbranched alkanes of at least 4 members (excludes halogenated alkanes) is 2. The Labute approximate surface area is 87.5 Å². The molecule has 1 saturated heterocycles.